The predicted octanol–water partition coefficient (Wildman–Crippen LogP) is 12.8. The van der Waals surface area contributed by atoms with Gasteiger partial charge in [0, 0.05) is 77.6 Å². The summed E-state index contributed by atoms with van der Waals surface area (Å²) in [5.74, 6) is -11.8. The van der Waals surface area contributed by atoms with Crippen LogP contribution in [0.4, 0.5) is 0 Å². The molecule has 0 saturated heterocycles. The molecule has 10 N–H and O–H groups in total. The molecule has 0 saturated carbocycles. The molecule has 0 fully saturated rings. The van der Waals surface area contributed by atoms with E-state index >= 15 is 0 Å². The molecule has 0 bridgehead atoms. The molecule has 33 heteroatoms. The average Bonchev–Trinajstić information content (AvgIpc) is 0.807. The Kier molecular flexibility index (Phi) is 61.2. The fourth-order valence-electron chi connectivity index (χ4n) is 14.1. The quantitative estimate of drug-likeness (QED) is 0.0185. The van der Waals surface area contributed by atoms with Crippen LogP contribution in [0.3, 0.4) is 0 Å². The van der Waals surface area contributed by atoms with Gasteiger partial charge in [-0.05, 0) is 88.5 Å². The van der Waals surface area contributed by atoms with Crippen molar-refractivity contribution < 1.29 is 90.8 Å². The molecule has 0 aliphatic carbocycles. The lowest BCUT2D eigenvalue weighted by atomic mass is 10.1. The molecule has 730 valence electrons. The molecule has 0 heterocycles. The number of carbonyl (C=O) groups excluding carboxylic acids is 14. The van der Waals surface area contributed by atoms with Crippen molar-refractivity contribution in [3.05, 3.63) is 75.8 Å². The zero-order chi connectivity index (χ0) is 95.5. The lowest BCUT2D eigenvalue weighted by Crippen LogP contribution is -2.43. The fourth-order valence-corrected chi connectivity index (χ4v) is 14.1. The van der Waals surface area contributed by atoms with Gasteiger partial charge in [0.1, 0.15) is 28.7 Å². The fraction of sp³-hybridized carbons (Fsp3) is 0.670. The molecule has 0 atom stereocenters. The van der Waals surface area contributed by atoms with Crippen molar-refractivity contribution in [2.45, 2.75) is 300 Å². The van der Waals surface area contributed by atoms with Crippen LogP contribution in [-0.2, 0) is 38.4 Å². The van der Waals surface area contributed by atoms with Crippen LogP contribution in [0.1, 0.15) is 363 Å². The van der Waals surface area contributed by atoms with Gasteiger partial charge in [-0.25, -0.2) is 0 Å². The first kappa shape index (κ1) is 113. The maximum Gasteiger partial charge on any atom is 0.273 e. The Morgan fingerprint density at radius 1 is 0.246 bits per heavy atom. The second-order valence-corrected chi connectivity index (χ2v) is 32.9. The van der Waals surface area contributed by atoms with Gasteiger partial charge in [-0.15, -0.1) is 0 Å². The Hall–Kier alpha value is -10.8. The molecule has 0 aromatic heterocycles. The summed E-state index contributed by atoms with van der Waals surface area (Å²) in [6, 6.07) is 8.19. The van der Waals surface area contributed by atoms with Gasteiger partial charge < -0.3 is 75.2 Å². The van der Waals surface area contributed by atoms with Crippen LogP contribution < -0.4 is 77.3 Å². The molecule has 3 rings (SSSR count). The van der Waals surface area contributed by atoms with E-state index in [0.29, 0.717) is 78.0 Å². The van der Waals surface area contributed by atoms with Crippen molar-refractivity contribution in [2.24, 2.45) is 0 Å². The molecule has 0 spiro atoms. The first-order valence-corrected chi connectivity index (χ1v) is 48.4. The van der Waals surface area contributed by atoms with E-state index in [1.807, 2.05) is 13.8 Å². The van der Waals surface area contributed by atoms with Crippen molar-refractivity contribution in [3.63, 3.8) is 0 Å². The minimum atomic E-state index is -1.13. The van der Waals surface area contributed by atoms with Crippen molar-refractivity contribution >= 4 is 82.7 Å². The number of benzene rings is 3. The lowest BCUT2D eigenvalue weighted by molar-refractivity contribution is -0.133. The Balaban J connectivity index is 2.13. The zero-order valence-electron chi connectivity index (χ0n) is 80.3. The van der Waals surface area contributed by atoms with Crippen LogP contribution in [0.5, 0.6) is 28.7 Å². The van der Waals surface area contributed by atoms with E-state index in [9.17, 15) is 67.1 Å². The number of unbranched alkanes of at least 4 members (excludes halogenated alkanes) is 26. The Labute approximate surface area is 773 Å². The van der Waals surface area contributed by atoms with E-state index < -0.39 is 108 Å². The number of nitrogens with one attached hydrogen (secondary N) is 10. The minimum absolute atomic E-state index is 0.179. The van der Waals surface area contributed by atoms with Crippen LogP contribution >= 0.6 is 0 Å². The van der Waals surface area contributed by atoms with Gasteiger partial charge in [-0.3, -0.25) is 88.8 Å². The van der Waals surface area contributed by atoms with Gasteiger partial charge in [-0.1, -0.05) is 242 Å². The molecular formula is C97H158N14O19. The van der Waals surface area contributed by atoms with Crippen LogP contribution in [0, 0.1) is 0 Å². The molecular weight excluding hydrogens is 1670 g/mol. The summed E-state index contributed by atoms with van der Waals surface area (Å²) < 4.78 is 29.8. The van der Waals surface area contributed by atoms with E-state index in [0.717, 1.165) is 237 Å². The Morgan fingerprint density at radius 3 is 0.662 bits per heavy atom. The SMILES string of the molecule is CCCCCCN(CCCCCC)C(=O)CNC(=O)COc1cc(OCC(=O)NCC(=O)N(CCCCCC)CCCCCC)c(C(=O)NNC(=O)c2cccc(C(=O)NNC(=O)c3cc(C(=O)NCCCC)c(OCC(=O)NCC(=O)N(CCCCCC)CCCCCC)cc3OCC(=O)NCC(=O)N(CCCCCC)CCCCCC)c2OC)cc1C(=O)NCCCC. The molecule has 33 nitrogen and oxygen atoms in total. The summed E-state index contributed by atoms with van der Waals surface area (Å²) in [7, 11) is 1.14. The number of carbonyl (C=O) groups is 14. The third-order valence-corrected chi connectivity index (χ3v) is 21.9. The summed E-state index contributed by atoms with van der Waals surface area (Å²) in [6.45, 7) is 20.7. The third kappa shape index (κ3) is 46.2. The molecule has 0 radical (unpaired) electrons. The number of hydrogen-bond donors (Lipinski definition) is 10. The monoisotopic (exact) mass is 1820 g/mol. The number of para-hydroxylation sites is 1. The zero-order valence-corrected chi connectivity index (χ0v) is 80.3. The minimum Gasteiger partial charge on any atom is -0.495 e. The van der Waals surface area contributed by atoms with E-state index in [1.165, 1.54) is 18.2 Å². The van der Waals surface area contributed by atoms with Crippen LogP contribution in [0.25, 0.3) is 0 Å². The number of rotatable bonds is 73. The summed E-state index contributed by atoms with van der Waals surface area (Å²) >= 11 is 0. The topological polar surface area (TPSA) is 418 Å². The molecule has 14 amide bonds. The third-order valence-electron chi connectivity index (χ3n) is 21.9. The van der Waals surface area contributed by atoms with Gasteiger partial charge in [0.25, 0.3) is 59.1 Å². The molecule has 130 heavy (non-hydrogen) atoms. The highest BCUT2D eigenvalue weighted by atomic mass is 16.5. The highest BCUT2D eigenvalue weighted by Gasteiger charge is 2.30. The maximum absolute atomic E-state index is 14.7. The normalized spacial score (nSPS) is 10.8. The first-order chi connectivity index (χ1) is 62.9. The summed E-state index contributed by atoms with van der Waals surface area (Å²) in [4.78, 5) is 203. The van der Waals surface area contributed by atoms with E-state index in [-0.39, 0.29) is 102 Å². The lowest BCUT2D eigenvalue weighted by Gasteiger charge is -2.23. The Morgan fingerprint density at radius 2 is 0.454 bits per heavy atom. The van der Waals surface area contributed by atoms with Crippen molar-refractivity contribution in [2.75, 3.05) is 125 Å². The number of methoxy groups -OCH3 is 1. The molecule has 3 aromatic rings. The number of amides is 14. The Bertz CT molecular complexity index is 3630. The van der Waals surface area contributed by atoms with Crippen LogP contribution in [0.15, 0.2) is 42.5 Å². The molecule has 0 aliphatic heterocycles. The predicted molar refractivity (Wildman–Crippen MR) is 504 cm³/mol. The molecule has 0 aliphatic rings. The van der Waals surface area contributed by atoms with Gasteiger partial charge in [0.15, 0.2) is 26.4 Å². The van der Waals surface area contributed by atoms with Crippen LogP contribution in [-0.4, -0.2) is 227 Å². The summed E-state index contributed by atoms with van der Waals surface area (Å²) in [5.41, 5.74) is 7.03. The van der Waals surface area contributed by atoms with Crippen molar-refractivity contribution in [3.8, 4) is 28.7 Å². The largest absolute Gasteiger partial charge is 0.495 e. The second kappa shape index (κ2) is 70.1. The van der Waals surface area contributed by atoms with Gasteiger partial charge in [-0.2, -0.15) is 0 Å². The second-order valence-electron chi connectivity index (χ2n) is 32.9. The van der Waals surface area contributed by atoms with E-state index in [4.69, 9.17) is 23.7 Å². The van der Waals surface area contributed by atoms with Crippen LogP contribution in [0.2, 0.25) is 0 Å². The first-order valence-electron chi connectivity index (χ1n) is 48.4. The number of ether oxygens (including phenoxy) is 5. The van der Waals surface area contributed by atoms with E-state index in [1.54, 1.807) is 19.6 Å². The number of hydrazine groups is 2. The summed E-state index contributed by atoms with van der Waals surface area (Å²) in [5, 5.41) is 16.1. The van der Waals surface area contributed by atoms with E-state index in [2.05, 4.69) is 109 Å². The van der Waals surface area contributed by atoms with Crippen molar-refractivity contribution in [1.82, 2.24) is 73.2 Å². The van der Waals surface area contributed by atoms with Gasteiger partial charge in [0.2, 0.25) is 23.6 Å². The number of nitrogens with zero attached hydrogens (tertiary/aromatic N) is 4. The highest BCUT2D eigenvalue weighted by molar-refractivity contribution is 6.08. The van der Waals surface area contributed by atoms with Gasteiger partial charge >= 0.3 is 0 Å². The molecule has 3 aromatic carbocycles. The number of hydrogen-bond acceptors (Lipinski definition) is 19. The highest BCUT2D eigenvalue weighted by Crippen LogP contribution is 2.33. The summed E-state index contributed by atoms with van der Waals surface area (Å²) in [6.07, 6.45) is 32.6. The standard InChI is InChI=1S/C97H158N14O19/c1-12-22-32-40-53-108(54-41-33-23-13-2)87(116)65-100-83(112)69-127-79-63-81(129-71-85(114)102-67-89(118)110(57-44-36-26-16-5)58-45-37-27-17-6)77(61-75(79)92(120)98-51-30-20-9)96(124)106-104-94(122)73-49-48-50-74(91(73)126-11)95(123)105-107-97(125)78-62-76(93(121)99-52-31-21-10)80(128-70-84(113)101-66-88(117)109(55-42-34-24-14-3)56-43-35-25-15-4)64-82(78)130-72-86(115)103-68-90(119)111(59-46-38-28-18-7)60-47-39-29-19-8/h48-50,61-64H,12-47,51-60,65-72H2,1-11H3,(H,98,120)(H,99,121)(H,100,112)(H,101,113)(H,102,114)(H,103,115)(H,104,122)(H,105,123)(H,106,124)(H,107,125). The average molecular weight is 1820 g/mol. The van der Waals surface area contributed by atoms with Crippen molar-refractivity contribution in [1.29, 1.82) is 0 Å². The molecule has 0 unspecified atom stereocenters. The van der Waals surface area contributed by atoms with Gasteiger partial charge in [0.05, 0.1) is 66.7 Å². The maximum atomic E-state index is 14.7. The smallest absolute Gasteiger partial charge is 0.273 e.